The average molecular weight is 265 g/mol. The molecular formula is C15H27N3O. The number of aliphatic hydroxyl groups is 1. The zero-order valence-electron chi connectivity index (χ0n) is 12.2. The van der Waals surface area contributed by atoms with Crippen molar-refractivity contribution < 1.29 is 5.11 Å². The van der Waals surface area contributed by atoms with Crippen LogP contribution in [-0.2, 0) is 6.42 Å². The van der Waals surface area contributed by atoms with E-state index in [-0.39, 0.29) is 0 Å². The first-order chi connectivity index (χ1) is 9.13. The number of aromatic nitrogens is 1. The lowest BCUT2D eigenvalue weighted by Crippen LogP contribution is -2.47. The van der Waals surface area contributed by atoms with Gasteiger partial charge in [-0.25, -0.2) is 0 Å². The molecule has 1 fully saturated rings. The molecule has 1 aromatic heterocycles. The standard InChI is InChI=1S/C15H27N3O/c1-16-12-15(19)8-5-14(6-9-15)18(2)11-7-13-4-3-10-17-13/h3-4,10,14,16-17,19H,5-9,11-12H2,1-2H3. The van der Waals surface area contributed by atoms with Crippen LogP contribution < -0.4 is 5.32 Å². The lowest BCUT2D eigenvalue weighted by Gasteiger charge is -2.39. The molecule has 108 valence electrons. The number of likely N-dealkylation sites (N-methyl/N-ethyl adjacent to an activating group) is 2. The molecule has 0 saturated heterocycles. The topological polar surface area (TPSA) is 51.3 Å². The fraction of sp³-hybridized carbons (Fsp3) is 0.733. The van der Waals surface area contributed by atoms with Gasteiger partial charge in [-0.3, -0.25) is 0 Å². The highest BCUT2D eigenvalue weighted by molar-refractivity contribution is 5.04. The summed E-state index contributed by atoms with van der Waals surface area (Å²) in [4.78, 5) is 5.69. The molecule has 4 nitrogen and oxygen atoms in total. The number of nitrogens with one attached hydrogen (secondary N) is 2. The fourth-order valence-electron chi connectivity index (χ4n) is 3.09. The highest BCUT2D eigenvalue weighted by atomic mass is 16.3. The Balaban J connectivity index is 1.74. The Hall–Kier alpha value is -0.840. The lowest BCUT2D eigenvalue weighted by molar-refractivity contribution is -0.0144. The SMILES string of the molecule is CNCC1(O)CCC(N(C)CCc2ccc[nH]2)CC1. The summed E-state index contributed by atoms with van der Waals surface area (Å²) < 4.78 is 0. The van der Waals surface area contributed by atoms with E-state index in [0.29, 0.717) is 12.6 Å². The van der Waals surface area contributed by atoms with Gasteiger partial charge in [-0.15, -0.1) is 0 Å². The third kappa shape index (κ3) is 4.06. The average Bonchev–Trinajstić information content (AvgIpc) is 2.90. The first-order valence-corrected chi connectivity index (χ1v) is 7.32. The predicted molar refractivity (Wildman–Crippen MR) is 78.3 cm³/mol. The van der Waals surface area contributed by atoms with Crippen LogP contribution in [0.25, 0.3) is 0 Å². The molecule has 0 spiro atoms. The first kappa shape index (κ1) is 14.6. The summed E-state index contributed by atoms with van der Waals surface area (Å²) in [7, 11) is 4.11. The number of H-pyrrole nitrogens is 1. The van der Waals surface area contributed by atoms with Crippen molar-refractivity contribution in [1.82, 2.24) is 15.2 Å². The largest absolute Gasteiger partial charge is 0.389 e. The van der Waals surface area contributed by atoms with Crippen LogP contribution in [0, 0.1) is 0 Å². The van der Waals surface area contributed by atoms with Gasteiger partial charge in [0.25, 0.3) is 0 Å². The molecule has 0 amide bonds. The van der Waals surface area contributed by atoms with E-state index in [2.05, 4.69) is 28.3 Å². The molecule has 0 radical (unpaired) electrons. The Labute approximate surface area is 116 Å². The van der Waals surface area contributed by atoms with Gasteiger partial charge in [0.1, 0.15) is 0 Å². The molecule has 0 unspecified atom stereocenters. The second-order valence-corrected chi connectivity index (χ2v) is 5.91. The maximum atomic E-state index is 10.4. The van der Waals surface area contributed by atoms with Crippen LogP contribution in [0.2, 0.25) is 0 Å². The summed E-state index contributed by atoms with van der Waals surface area (Å²) >= 11 is 0. The number of nitrogens with zero attached hydrogens (tertiary/aromatic N) is 1. The quantitative estimate of drug-likeness (QED) is 0.728. The molecule has 0 aliphatic heterocycles. The van der Waals surface area contributed by atoms with Crippen LogP contribution in [0.1, 0.15) is 31.4 Å². The molecule has 0 bridgehead atoms. The summed E-state index contributed by atoms with van der Waals surface area (Å²) in [6, 6.07) is 4.81. The van der Waals surface area contributed by atoms with Gasteiger partial charge in [-0.05, 0) is 51.9 Å². The third-order valence-electron chi connectivity index (χ3n) is 4.41. The number of rotatable bonds is 6. The molecule has 1 heterocycles. The lowest BCUT2D eigenvalue weighted by atomic mass is 9.81. The van der Waals surface area contributed by atoms with E-state index in [4.69, 9.17) is 0 Å². The van der Waals surface area contributed by atoms with Crippen molar-refractivity contribution in [1.29, 1.82) is 0 Å². The molecule has 2 rings (SSSR count). The third-order valence-corrected chi connectivity index (χ3v) is 4.41. The van der Waals surface area contributed by atoms with Crippen molar-refractivity contribution in [2.75, 3.05) is 27.2 Å². The fourth-order valence-corrected chi connectivity index (χ4v) is 3.09. The molecule has 0 aromatic carbocycles. The second-order valence-electron chi connectivity index (χ2n) is 5.91. The van der Waals surface area contributed by atoms with E-state index in [1.54, 1.807) is 0 Å². The van der Waals surface area contributed by atoms with Crippen molar-refractivity contribution in [3.63, 3.8) is 0 Å². The Morgan fingerprint density at radius 3 is 2.79 bits per heavy atom. The van der Waals surface area contributed by atoms with Crippen LogP contribution in [0.4, 0.5) is 0 Å². The van der Waals surface area contributed by atoms with Gasteiger partial charge in [-0.2, -0.15) is 0 Å². The summed E-state index contributed by atoms with van der Waals surface area (Å²) in [5.74, 6) is 0. The van der Waals surface area contributed by atoms with Crippen molar-refractivity contribution in [3.05, 3.63) is 24.0 Å². The first-order valence-electron chi connectivity index (χ1n) is 7.32. The van der Waals surface area contributed by atoms with Gasteiger partial charge in [0.05, 0.1) is 5.60 Å². The predicted octanol–water partition coefficient (Wildman–Crippen LogP) is 1.38. The van der Waals surface area contributed by atoms with Crippen molar-refractivity contribution in [2.45, 2.75) is 43.7 Å². The molecule has 4 heteroatoms. The maximum Gasteiger partial charge on any atom is 0.0772 e. The van der Waals surface area contributed by atoms with Crippen LogP contribution in [0.15, 0.2) is 18.3 Å². The van der Waals surface area contributed by atoms with E-state index in [1.165, 1.54) is 5.69 Å². The highest BCUT2D eigenvalue weighted by Crippen LogP contribution is 2.30. The van der Waals surface area contributed by atoms with E-state index in [1.807, 2.05) is 19.3 Å². The van der Waals surface area contributed by atoms with E-state index < -0.39 is 5.60 Å². The Kier molecular flexibility index (Phi) is 5.02. The van der Waals surface area contributed by atoms with Gasteiger partial charge in [0, 0.05) is 37.4 Å². The summed E-state index contributed by atoms with van der Waals surface area (Å²) in [5.41, 5.74) is 0.820. The maximum absolute atomic E-state index is 10.4. The van der Waals surface area contributed by atoms with E-state index in [9.17, 15) is 5.11 Å². The zero-order valence-corrected chi connectivity index (χ0v) is 12.2. The molecule has 1 saturated carbocycles. The van der Waals surface area contributed by atoms with Crippen LogP contribution in [-0.4, -0.2) is 53.8 Å². The van der Waals surface area contributed by atoms with Crippen LogP contribution in [0.5, 0.6) is 0 Å². The van der Waals surface area contributed by atoms with Crippen molar-refractivity contribution in [3.8, 4) is 0 Å². The molecule has 1 aromatic rings. The van der Waals surface area contributed by atoms with Crippen LogP contribution >= 0.6 is 0 Å². The Morgan fingerprint density at radius 2 is 2.21 bits per heavy atom. The second kappa shape index (κ2) is 6.55. The van der Waals surface area contributed by atoms with E-state index in [0.717, 1.165) is 38.6 Å². The van der Waals surface area contributed by atoms with Gasteiger partial charge < -0.3 is 20.3 Å². The van der Waals surface area contributed by atoms with Gasteiger partial charge in [-0.1, -0.05) is 0 Å². The number of hydrogen-bond donors (Lipinski definition) is 3. The Morgan fingerprint density at radius 1 is 1.47 bits per heavy atom. The molecular weight excluding hydrogens is 238 g/mol. The molecule has 19 heavy (non-hydrogen) atoms. The molecule has 0 atom stereocenters. The van der Waals surface area contributed by atoms with Crippen LogP contribution in [0.3, 0.4) is 0 Å². The minimum absolute atomic E-state index is 0.481. The summed E-state index contributed by atoms with van der Waals surface area (Å²) in [6.45, 7) is 1.79. The molecule has 3 N–H and O–H groups in total. The number of aromatic amines is 1. The van der Waals surface area contributed by atoms with Gasteiger partial charge in [0.15, 0.2) is 0 Å². The van der Waals surface area contributed by atoms with Gasteiger partial charge >= 0.3 is 0 Å². The highest BCUT2D eigenvalue weighted by Gasteiger charge is 2.33. The van der Waals surface area contributed by atoms with Crippen molar-refractivity contribution in [2.24, 2.45) is 0 Å². The summed E-state index contributed by atoms with van der Waals surface area (Å²) in [5, 5.41) is 13.5. The summed E-state index contributed by atoms with van der Waals surface area (Å²) in [6.07, 6.45) is 7.06. The number of hydrogen-bond acceptors (Lipinski definition) is 3. The van der Waals surface area contributed by atoms with E-state index >= 15 is 0 Å². The smallest absolute Gasteiger partial charge is 0.0772 e. The minimum atomic E-state index is -0.481. The van der Waals surface area contributed by atoms with Crippen molar-refractivity contribution >= 4 is 0 Å². The molecule has 1 aliphatic rings. The van der Waals surface area contributed by atoms with Gasteiger partial charge in [0.2, 0.25) is 0 Å². The zero-order chi connectivity index (χ0) is 13.7. The minimum Gasteiger partial charge on any atom is -0.389 e. The normalized spacial score (nSPS) is 27.9. The monoisotopic (exact) mass is 265 g/mol. The molecule has 1 aliphatic carbocycles. The Bertz CT molecular complexity index is 355.